The Balaban J connectivity index is 0.000000261. The molecule has 0 aliphatic rings. The number of hydrogen-bond acceptors (Lipinski definition) is 3. The van der Waals surface area contributed by atoms with Gasteiger partial charge in [-0.15, -0.1) is 0 Å². The molecule has 0 unspecified atom stereocenters. The van der Waals surface area contributed by atoms with Crippen molar-refractivity contribution in [2.75, 3.05) is 13.2 Å². The minimum Gasteiger partial charge on any atom is -0.508 e. The third-order valence-corrected chi connectivity index (χ3v) is 1.13. The molecule has 4 N–H and O–H groups in total. The van der Waals surface area contributed by atoms with E-state index >= 15 is 0 Å². The minimum atomic E-state index is 0.0972. The standard InChI is InChI=1S/C7H8O.C2H7NO/c1-6-3-2-4-7(8)5-6;3-1-2-4/h2-5,8H,1H3;4H,1-3H2. The SMILES string of the molecule is Cc1cccc(O)c1.NCCO. The molecule has 1 aromatic rings. The quantitative estimate of drug-likeness (QED) is 0.578. The summed E-state index contributed by atoms with van der Waals surface area (Å²) < 4.78 is 0. The Bertz CT molecular complexity index is 194. The van der Waals surface area contributed by atoms with Gasteiger partial charge in [0.2, 0.25) is 0 Å². The average Bonchev–Trinajstić information content (AvgIpc) is 2.04. The molecule has 0 atom stereocenters. The molecule has 0 heterocycles. The van der Waals surface area contributed by atoms with Crippen molar-refractivity contribution in [1.29, 1.82) is 0 Å². The van der Waals surface area contributed by atoms with Crippen LogP contribution >= 0.6 is 0 Å². The van der Waals surface area contributed by atoms with Crippen LogP contribution in [0.4, 0.5) is 0 Å². The van der Waals surface area contributed by atoms with Gasteiger partial charge >= 0.3 is 0 Å². The summed E-state index contributed by atoms with van der Waals surface area (Å²) in [5.74, 6) is 0.338. The monoisotopic (exact) mass is 169 g/mol. The van der Waals surface area contributed by atoms with Gasteiger partial charge in [-0.3, -0.25) is 0 Å². The zero-order valence-corrected chi connectivity index (χ0v) is 7.20. The average molecular weight is 169 g/mol. The molecule has 0 radical (unpaired) electrons. The number of aliphatic hydroxyl groups is 1. The summed E-state index contributed by atoms with van der Waals surface area (Å²) in [5, 5.41) is 16.6. The van der Waals surface area contributed by atoms with Crippen molar-refractivity contribution in [2.45, 2.75) is 6.92 Å². The number of phenolic OH excluding ortho intramolecular Hbond substituents is 1. The number of hydrogen-bond donors (Lipinski definition) is 3. The molecule has 0 aliphatic heterocycles. The molecule has 3 nitrogen and oxygen atoms in total. The summed E-state index contributed by atoms with van der Waals surface area (Å²) in [4.78, 5) is 0. The second-order valence-corrected chi connectivity index (χ2v) is 2.35. The van der Waals surface area contributed by atoms with Crippen LogP contribution in [-0.4, -0.2) is 23.4 Å². The molecule has 0 aromatic heterocycles. The number of aryl methyl sites for hydroxylation is 1. The summed E-state index contributed by atoms with van der Waals surface area (Å²) in [5.41, 5.74) is 5.87. The van der Waals surface area contributed by atoms with Crippen LogP contribution in [0, 0.1) is 6.92 Å². The Hall–Kier alpha value is -1.06. The zero-order valence-electron chi connectivity index (χ0n) is 7.20. The molecule has 68 valence electrons. The van der Waals surface area contributed by atoms with Gasteiger partial charge in [0.1, 0.15) is 5.75 Å². The van der Waals surface area contributed by atoms with E-state index in [4.69, 9.17) is 15.9 Å². The third kappa shape index (κ3) is 5.70. The highest BCUT2D eigenvalue weighted by Gasteiger charge is 1.83. The summed E-state index contributed by atoms with van der Waals surface area (Å²) >= 11 is 0. The van der Waals surface area contributed by atoms with Crippen molar-refractivity contribution in [3.8, 4) is 5.75 Å². The van der Waals surface area contributed by atoms with Gasteiger partial charge in [0.25, 0.3) is 0 Å². The molecule has 0 bridgehead atoms. The summed E-state index contributed by atoms with van der Waals surface area (Å²) in [6.07, 6.45) is 0. The van der Waals surface area contributed by atoms with Crippen LogP contribution in [-0.2, 0) is 0 Å². The van der Waals surface area contributed by atoms with Crippen LogP contribution < -0.4 is 5.73 Å². The molecule has 0 aliphatic carbocycles. The molecule has 0 amide bonds. The van der Waals surface area contributed by atoms with Crippen molar-refractivity contribution in [3.05, 3.63) is 29.8 Å². The zero-order chi connectivity index (χ0) is 9.40. The van der Waals surface area contributed by atoms with E-state index in [9.17, 15) is 0 Å². The second kappa shape index (κ2) is 6.64. The highest BCUT2D eigenvalue weighted by atomic mass is 16.3. The van der Waals surface area contributed by atoms with Gasteiger partial charge in [0.05, 0.1) is 6.61 Å². The lowest BCUT2D eigenvalue weighted by molar-refractivity contribution is 0.306. The fourth-order valence-electron chi connectivity index (χ4n) is 0.628. The smallest absolute Gasteiger partial charge is 0.115 e. The van der Waals surface area contributed by atoms with Crippen molar-refractivity contribution in [2.24, 2.45) is 5.73 Å². The van der Waals surface area contributed by atoms with Gasteiger partial charge in [0.15, 0.2) is 0 Å². The van der Waals surface area contributed by atoms with Crippen LogP contribution in [0.1, 0.15) is 5.56 Å². The van der Waals surface area contributed by atoms with Crippen LogP contribution in [0.3, 0.4) is 0 Å². The lowest BCUT2D eigenvalue weighted by atomic mass is 10.2. The van der Waals surface area contributed by atoms with E-state index in [1.165, 1.54) is 0 Å². The Kier molecular flexibility index (Phi) is 6.05. The lowest BCUT2D eigenvalue weighted by Crippen LogP contribution is -2.02. The van der Waals surface area contributed by atoms with Crippen LogP contribution in [0.2, 0.25) is 0 Å². The molecule has 12 heavy (non-hydrogen) atoms. The number of benzene rings is 1. The largest absolute Gasteiger partial charge is 0.508 e. The van der Waals surface area contributed by atoms with Gasteiger partial charge in [0, 0.05) is 6.54 Å². The van der Waals surface area contributed by atoms with Gasteiger partial charge in [-0.1, -0.05) is 12.1 Å². The maximum atomic E-state index is 8.81. The Labute approximate surface area is 72.5 Å². The highest BCUT2D eigenvalue weighted by Crippen LogP contribution is 2.08. The first-order chi connectivity index (χ1) is 5.70. The fraction of sp³-hybridized carbons (Fsp3) is 0.333. The predicted molar refractivity (Wildman–Crippen MR) is 49.0 cm³/mol. The molecular formula is C9H15NO2. The summed E-state index contributed by atoms with van der Waals surface area (Å²) in [7, 11) is 0. The topological polar surface area (TPSA) is 66.5 Å². The van der Waals surface area contributed by atoms with Crippen LogP contribution in [0.15, 0.2) is 24.3 Å². The summed E-state index contributed by atoms with van der Waals surface area (Å²) in [6, 6.07) is 7.15. The Morgan fingerprint density at radius 1 is 1.42 bits per heavy atom. The number of nitrogens with two attached hydrogens (primary N) is 1. The first kappa shape index (κ1) is 10.9. The van der Waals surface area contributed by atoms with Crippen LogP contribution in [0.5, 0.6) is 5.75 Å². The molecule has 0 spiro atoms. The lowest BCUT2D eigenvalue weighted by Gasteiger charge is -1.89. The van der Waals surface area contributed by atoms with E-state index in [1.54, 1.807) is 12.1 Å². The first-order valence-electron chi connectivity index (χ1n) is 3.77. The molecule has 1 rings (SSSR count). The van der Waals surface area contributed by atoms with E-state index in [0.29, 0.717) is 12.3 Å². The molecule has 0 saturated carbocycles. The second-order valence-electron chi connectivity index (χ2n) is 2.35. The molecular weight excluding hydrogens is 154 g/mol. The molecule has 0 fully saturated rings. The van der Waals surface area contributed by atoms with Gasteiger partial charge in [-0.05, 0) is 24.6 Å². The number of rotatable bonds is 1. The molecule has 1 aromatic carbocycles. The van der Waals surface area contributed by atoms with Crippen molar-refractivity contribution in [3.63, 3.8) is 0 Å². The summed E-state index contributed by atoms with van der Waals surface area (Å²) in [6.45, 7) is 2.42. The van der Waals surface area contributed by atoms with Crippen LogP contribution in [0.25, 0.3) is 0 Å². The Morgan fingerprint density at radius 3 is 2.25 bits per heavy atom. The maximum absolute atomic E-state index is 8.81. The minimum absolute atomic E-state index is 0.0972. The fourth-order valence-corrected chi connectivity index (χ4v) is 0.628. The Morgan fingerprint density at radius 2 is 2.00 bits per heavy atom. The maximum Gasteiger partial charge on any atom is 0.115 e. The van der Waals surface area contributed by atoms with Gasteiger partial charge < -0.3 is 15.9 Å². The van der Waals surface area contributed by atoms with Gasteiger partial charge in [-0.25, -0.2) is 0 Å². The molecule has 3 heteroatoms. The van der Waals surface area contributed by atoms with Crippen molar-refractivity contribution in [1.82, 2.24) is 0 Å². The highest BCUT2D eigenvalue weighted by molar-refractivity contribution is 5.25. The number of aliphatic hydroxyl groups excluding tert-OH is 1. The van der Waals surface area contributed by atoms with E-state index < -0.39 is 0 Å². The third-order valence-electron chi connectivity index (χ3n) is 1.13. The molecule has 0 saturated heterocycles. The number of aromatic hydroxyl groups is 1. The number of phenols is 1. The van der Waals surface area contributed by atoms with E-state index in [2.05, 4.69) is 0 Å². The first-order valence-corrected chi connectivity index (χ1v) is 3.77. The van der Waals surface area contributed by atoms with Gasteiger partial charge in [-0.2, -0.15) is 0 Å². The van der Waals surface area contributed by atoms with Crippen molar-refractivity contribution < 1.29 is 10.2 Å². The predicted octanol–water partition coefficient (Wildman–Crippen LogP) is 0.638. The van der Waals surface area contributed by atoms with E-state index in [-0.39, 0.29) is 6.61 Å². The normalized spacial score (nSPS) is 8.58. The van der Waals surface area contributed by atoms with E-state index in [1.807, 2.05) is 19.1 Å². The van der Waals surface area contributed by atoms with Crippen molar-refractivity contribution >= 4 is 0 Å². The van der Waals surface area contributed by atoms with E-state index in [0.717, 1.165) is 5.56 Å².